The highest BCUT2D eigenvalue weighted by molar-refractivity contribution is 6.42. The molecule has 0 spiro atoms. The lowest BCUT2D eigenvalue weighted by molar-refractivity contribution is -1.10. The predicted molar refractivity (Wildman–Crippen MR) is 144 cm³/mol. The number of halogens is 6. The Morgan fingerprint density at radius 2 is 1.81 bits per heavy atom. The van der Waals surface area contributed by atoms with Crippen LogP contribution in [-0.4, -0.2) is 82.9 Å². The predicted octanol–water partition coefficient (Wildman–Crippen LogP) is 4.38. The number of hydrogen-bond donors (Lipinski definition) is 1. The van der Waals surface area contributed by atoms with Crippen molar-refractivity contribution in [2.75, 3.05) is 45.9 Å². The molecule has 42 heavy (non-hydrogen) atoms. The second kappa shape index (κ2) is 11.9. The summed E-state index contributed by atoms with van der Waals surface area (Å²) < 4.78 is 59.9. The van der Waals surface area contributed by atoms with Crippen LogP contribution in [0.25, 0.3) is 5.52 Å². The fourth-order valence-corrected chi connectivity index (χ4v) is 5.99. The van der Waals surface area contributed by atoms with Crippen LogP contribution in [0, 0.1) is 11.7 Å². The Balaban J connectivity index is 1.27. The Labute approximate surface area is 247 Å². The lowest BCUT2D eigenvalue weighted by atomic mass is 9.95. The molecule has 1 aromatic carbocycles. The number of alkyl halides is 3. The first kappa shape index (κ1) is 30.3. The zero-order chi connectivity index (χ0) is 30.2. The van der Waals surface area contributed by atoms with Crippen LogP contribution in [0.15, 0.2) is 35.3 Å². The number of benzene rings is 1. The molecule has 0 aliphatic carbocycles. The van der Waals surface area contributed by atoms with E-state index in [-0.39, 0.29) is 85.1 Å². The van der Waals surface area contributed by atoms with Crippen molar-refractivity contribution in [2.24, 2.45) is 5.92 Å². The van der Waals surface area contributed by atoms with Crippen LogP contribution in [-0.2, 0) is 20.8 Å². The minimum absolute atomic E-state index is 0.0982. The molecule has 1 amide bonds. The zero-order valence-electron chi connectivity index (χ0n) is 22.2. The van der Waals surface area contributed by atoms with E-state index in [4.69, 9.17) is 32.8 Å². The third kappa shape index (κ3) is 6.29. The Morgan fingerprint density at radius 1 is 1.12 bits per heavy atom. The Bertz CT molecular complexity index is 1560. The van der Waals surface area contributed by atoms with E-state index in [0.717, 1.165) is 0 Å². The maximum absolute atomic E-state index is 14.8. The number of nitrogens with one attached hydrogen (secondary N) is 1. The smallest absolute Gasteiger partial charge is 0.369 e. The highest BCUT2D eigenvalue weighted by Gasteiger charge is 2.49. The minimum Gasteiger partial charge on any atom is -0.369 e. The number of likely N-dealkylation sites (tertiary alicyclic amines) is 1. The molecule has 0 radical (unpaired) electrons. The summed E-state index contributed by atoms with van der Waals surface area (Å²) in [5.74, 6) is -3.57. The number of fused-ring (bicyclic) bond motifs is 1. The van der Waals surface area contributed by atoms with E-state index in [1.54, 1.807) is 0 Å². The molecule has 2 aliphatic rings. The monoisotopic (exact) mass is 633 g/mol. The summed E-state index contributed by atoms with van der Waals surface area (Å²) in [6.45, 7) is 1.20. The number of quaternary nitrogens is 1. The van der Waals surface area contributed by atoms with Gasteiger partial charge in [0.1, 0.15) is 36.1 Å². The SMILES string of the molecule is O=C(c1cc(Cc2c[nH]c(=O)c3cc(Cl)c(Cl)n23)ccc1F)N1CCC(C[N+]2(OC(=O)C(F)(F)F)CCOCC2)CC1. The molecule has 3 aromatic rings. The Hall–Kier alpha value is -3.13. The van der Waals surface area contributed by atoms with Gasteiger partial charge in [-0.1, -0.05) is 29.3 Å². The van der Waals surface area contributed by atoms with Crippen LogP contribution in [0.2, 0.25) is 10.2 Å². The largest absolute Gasteiger partial charge is 0.497 e. The molecule has 9 nitrogen and oxygen atoms in total. The third-order valence-corrected chi connectivity index (χ3v) is 8.48. The molecule has 5 rings (SSSR count). The number of hydroxylamine groups is 3. The minimum atomic E-state index is -5.11. The number of nitrogens with zero attached hydrogens (tertiary/aromatic N) is 3. The van der Waals surface area contributed by atoms with Crippen molar-refractivity contribution in [3.05, 3.63) is 73.6 Å². The molecule has 4 heterocycles. The average Bonchev–Trinajstić information content (AvgIpc) is 3.26. The summed E-state index contributed by atoms with van der Waals surface area (Å²) in [4.78, 5) is 46.2. The van der Waals surface area contributed by atoms with Crippen LogP contribution in [0.5, 0.6) is 0 Å². The number of piperidine rings is 1. The van der Waals surface area contributed by atoms with Crippen molar-refractivity contribution < 1.29 is 41.4 Å². The molecular formula is C27H27Cl2F4N4O5+. The topological polar surface area (TPSA) is 93.1 Å². The van der Waals surface area contributed by atoms with Gasteiger partial charge in [0, 0.05) is 37.3 Å². The quantitative estimate of drug-likeness (QED) is 0.321. The number of rotatable bonds is 6. The number of hydrogen-bond acceptors (Lipinski definition) is 5. The van der Waals surface area contributed by atoms with E-state index in [2.05, 4.69) is 4.98 Å². The van der Waals surface area contributed by atoms with Gasteiger partial charge in [0.15, 0.2) is 0 Å². The van der Waals surface area contributed by atoms with Crippen molar-refractivity contribution in [2.45, 2.75) is 25.4 Å². The van der Waals surface area contributed by atoms with Gasteiger partial charge in [-0.05, 0) is 36.6 Å². The van der Waals surface area contributed by atoms with Crippen LogP contribution in [0.3, 0.4) is 0 Å². The normalized spacial score (nSPS) is 17.9. The van der Waals surface area contributed by atoms with Gasteiger partial charge in [-0.15, -0.1) is 4.65 Å². The molecule has 2 saturated heterocycles. The van der Waals surface area contributed by atoms with E-state index in [1.165, 1.54) is 39.8 Å². The molecule has 2 aliphatic heterocycles. The summed E-state index contributed by atoms with van der Waals surface area (Å²) in [5, 5.41) is 0.358. The molecule has 2 aromatic heterocycles. The highest BCUT2D eigenvalue weighted by atomic mass is 35.5. The molecule has 0 bridgehead atoms. The van der Waals surface area contributed by atoms with Gasteiger partial charge < -0.3 is 14.6 Å². The standard InChI is InChI=1S/C27H26Cl2F4N4O5/c28-20-13-22-24(38)34-14-18(36(22)23(20)29)11-17-1-2-21(30)19(12-17)25(39)35-5-3-16(4-6-35)15-37(7-9-41-10-8-37)42-26(40)27(31,32)33/h1-2,12-14,16H,3-11,15H2/p+1. The first-order valence-corrected chi connectivity index (χ1v) is 14.0. The maximum Gasteiger partial charge on any atom is 0.497 e. The number of carbonyl (C=O) groups is 2. The molecule has 0 atom stereocenters. The van der Waals surface area contributed by atoms with Gasteiger partial charge in [0.2, 0.25) is 0 Å². The first-order valence-electron chi connectivity index (χ1n) is 13.3. The lowest BCUT2D eigenvalue weighted by Crippen LogP contribution is -2.59. The summed E-state index contributed by atoms with van der Waals surface area (Å²) in [6.07, 6.45) is -2.54. The fourth-order valence-electron chi connectivity index (χ4n) is 5.55. The van der Waals surface area contributed by atoms with Crippen molar-refractivity contribution in [3.63, 3.8) is 0 Å². The van der Waals surface area contributed by atoms with Gasteiger partial charge in [-0.3, -0.25) is 18.8 Å². The van der Waals surface area contributed by atoms with E-state index in [1.807, 2.05) is 0 Å². The summed E-state index contributed by atoms with van der Waals surface area (Å²) in [6, 6.07) is 5.62. The Kier molecular flexibility index (Phi) is 8.57. The zero-order valence-corrected chi connectivity index (χ0v) is 23.7. The molecule has 0 saturated carbocycles. The summed E-state index contributed by atoms with van der Waals surface area (Å²) >= 11 is 12.4. The number of amides is 1. The number of ether oxygens (including phenoxy) is 1. The molecule has 15 heteroatoms. The van der Waals surface area contributed by atoms with E-state index in [9.17, 15) is 31.9 Å². The summed E-state index contributed by atoms with van der Waals surface area (Å²) in [7, 11) is 0. The molecular weight excluding hydrogens is 607 g/mol. The van der Waals surface area contributed by atoms with Crippen molar-refractivity contribution in [3.8, 4) is 0 Å². The molecule has 226 valence electrons. The molecule has 0 unspecified atom stereocenters. The number of morpholine rings is 1. The van der Waals surface area contributed by atoms with E-state index < -0.39 is 28.5 Å². The highest BCUT2D eigenvalue weighted by Crippen LogP contribution is 2.29. The van der Waals surface area contributed by atoms with Crippen LogP contribution in [0.4, 0.5) is 17.6 Å². The molecule has 1 N–H and O–H groups in total. The molecule has 2 fully saturated rings. The summed E-state index contributed by atoms with van der Waals surface area (Å²) in [5.41, 5.74) is 0.899. The second-order valence-corrected chi connectivity index (χ2v) is 11.3. The van der Waals surface area contributed by atoms with E-state index >= 15 is 0 Å². The van der Waals surface area contributed by atoms with Crippen LogP contribution < -0.4 is 5.56 Å². The van der Waals surface area contributed by atoms with Crippen LogP contribution in [0.1, 0.15) is 34.5 Å². The van der Waals surface area contributed by atoms with Crippen molar-refractivity contribution >= 4 is 40.6 Å². The number of aromatic nitrogens is 2. The third-order valence-electron chi connectivity index (χ3n) is 7.72. The van der Waals surface area contributed by atoms with Crippen molar-refractivity contribution in [1.29, 1.82) is 0 Å². The first-order chi connectivity index (χ1) is 19.9. The number of H-pyrrole nitrogens is 1. The average molecular weight is 634 g/mol. The number of carbonyl (C=O) groups excluding carboxylic acids is 2. The van der Waals surface area contributed by atoms with Gasteiger partial charge in [0.25, 0.3) is 11.5 Å². The fraction of sp³-hybridized carbons (Fsp3) is 0.444. The lowest BCUT2D eigenvalue weighted by Gasteiger charge is -2.41. The van der Waals surface area contributed by atoms with Crippen molar-refractivity contribution in [1.82, 2.24) is 14.3 Å². The Morgan fingerprint density at radius 3 is 2.48 bits per heavy atom. The second-order valence-electron chi connectivity index (χ2n) is 10.5. The van der Waals surface area contributed by atoms with Gasteiger partial charge >= 0.3 is 12.1 Å². The van der Waals surface area contributed by atoms with Gasteiger partial charge in [0.05, 0.1) is 23.8 Å². The maximum atomic E-state index is 14.8. The van der Waals surface area contributed by atoms with E-state index in [0.29, 0.717) is 24.1 Å². The number of aromatic amines is 1. The van der Waals surface area contributed by atoms with Gasteiger partial charge in [-0.2, -0.15) is 13.2 Å². The van der Waals surface area contributed by atoms with Gasteiger partial charge in [-0.25, -0.2) is 9.18 Å². The van der Waals surface area contributed by atoms with Crippen LogP contribution >= 0.6 is 23.2 Å².